The van der Waals surface area contributed by atoms with Crippen molar-refractivity contribution in [2.45, 2.75) is 25.9 Å². The summed E-state index contributed by atoms with van der Waals surface area (Å²) in [7, 11) is 0. The molecule has 0 aromatic carbocycles. The van der Waals surface area contributed by atoms with E-state index in [1.807, 2.05) is 0 Å². The highest BCUT2D eigenvalue weighted by Gasteiger charge is 2.21. The second-order valence-electron chi connectivity index (χ2n) is 4.37. The molecule has 1 unspecified atom stereocenters. The molecule has 2 aliphatic heterocycles. The predicted molar refractivity (Wildman–Crippen MR) is 57.5 cm³/mol. The first-order valence-electron chi connectivity index (χ1n) is 5.95. The van der Waals surface area contributed by atoms with Crippen molar-refractivity contribution in [2.75, 3.05) is 45.9 Å². The van der Waals surface area contributed by atoms with E-state index in [0.717, 1.165) is 13.2 Å². The lowest BCUT2D eigenvalue weighted by Gasteiger charge is -2.35. The largest absolute Gasteiger partial charge is 0.377 e. The van der Waals surface area contributed by atoms with Gasteiger partial charge < -0.3 is 9.64 Å². The van der Waals surface area contributed by atoms with Crippen molar-refractivity contribution in [2.24, 2.45) is 0 Å². The third-order valence-corrected chi connectivity index (χ3v) is 3.40. The summed E-state index contributed by atoms with van der Waals surface area (Å²) in [5.41, 5.74) is 0. The van der Waals surface area contributed by atoms with E-state index in [2.05, 4.69) is 16.7 Å². The fourth-order valence-corrected chi connectivity index (χ4v) is 2.36. The number of likely N-dealkylation sites (N-methyl/N-ethyl adjacent to an activating group) is 1. The molecule has 0 aromatic heterocycles. The van der Waals surface area contributed by atoms with Gasteiger partial charge in [0, 0.05) is 39.3 Å². The number of hydrogen-bond donors (Lipinski definition) is 0. The van der Waals surface area contributed by atoms with Gasteiger partial charge in [-0.15, -0.1) is 0 Å². The summed E-state index contributed by atoms with van der Waals surface area (Å²) in [5.74, 6) is 0. The lowest BCUT2D eigenvalue weighted by Crippen LogP contribution is -2.48. The molecule has 0 saturated carbocycles. The molecule has 0 bridgehead atoms. The molecule has 2 heterocycles. The van der Waals surface area contributed by atoms with Crippen molar-refractivity contribution < 1.29 is 4.74 Å². The van der Waals surface area contributed by atoms with Gasteiger partial charge in [0.1, 0.15) is 0 Å². The van der Waals surface area contributed by atoms with E-state index in [-0.39, 0.29) is 0 Å². The van der Waals surface area contributed by atoms with Gasteiger partial charge in [-0.2, -0.15) is 0 Å². The van der Waals surface area contributed by atoms with Gasteiger partial charge in [-0.25, -0.2) is 0 Å². The fourth-order valence-electron chi connectivity index (χ4n) is 2.36. The third kappa shape index (κ3) is 2.69. The summed E-state index contributed by atoms with van der Waals surface area (Å²) in [4.78, 5) is 5.08. The molecule has 82 valence electrons. The van der Waals surface area contributed by atoms with E-state index in [1.54, 1.807) is 0 Å². The first-order valence-corrected chi connectivity index (χ1v) is 5.95. The van der Waals surface area contributed by atoms with Crippen LogP contribution in [0.15, 0.2) is 0 Å². The van der Waals surface area contributed by atoms with E-state index >= 15 is 0 Å². The van der Waals surface area contributed by atoms with E-state index in [4.69, 9.17) is 4.74 Å². The molecule has 0 radical (unpaired) electrons. The zero-order valence-electron chi connectivity index (χ0n) is 9.24. The Hall–Kier alpha value is -0.120. The molecule has 14 heavy (non-hydrogen) atoms. The minimum Gasteiger partial charge on any atom is -0.377 e. The summed E-state index contributed by atoms with van der Waals surface area (Å²) in [6.45, 7) is 10.5. The highest BCUT2D eigenvalue weighted by atomic mass is 16.5. The van der Waals surface area contributed by atoms with E-state index in [9.17, 15) is 0 Å². The third-order valence-electron chi connectivity index (χ3n) is 3.40. The summed E-state index contributed by atoms with van der Waals surface area (Å²) < 4.78 is 5.65. The number of piperazine rings is 1. The maximum atomic E-state index is 5.65. The van der Waals surface area contributed by atoms with Crippen molar-refractivity contribution in [3.8, 4) is 0 Å². The fraction of sp³-hybridized carbons (Fsp3) is 1.00. The number of nitrogens with zero attached hydrogens (tertiary/aromatic N) is 2. The summed E-state index contributed by atoms with van der Waals surface area (Å²) in [6, 6.07) is 0. The molecule has 2 fully saturated rings. The molecule has 3 heteroatoms. The standard InChI is InChI=1S/C11H22N2O/c1-2-12-5-7-13(8-6-12)10-11-4-3-9-14-11/h11H,2-10H2,1H3. The Balaban J connectivity index is 1.67. The van der Waals surface area contributed by atoms with Crippen molar-refractivity contribution in [1.82, 2.24) is 9.80 Å². The van der Waals surface area contributed by atoms with Crippen LogP contribution in [-0.2, 0) is 4.74 Å². The molecule has 0 aromatic rings. The number of hydrogen-bond acceptors (Lipinski definition) is 3. The van der Waals surface area contributed by atoms with Gasteiger partial charge in [0.25, 0.3) is 0 Å². The van der Waals surface area contributed by atoms with Crippen LogP contribution in [0.2, 0.25) is 0 Å². The van der Waals surface area contributed by atoms with Crippen LogP contribution in [0.3, 0.4) is 0 Å². The molecular weight excluding hydrogens is 176 g/mol. The Bertz CT molecular complexity index is 161. The van der Waals surface area contributed by atoms with Crippen LogP contribution < -0.4 is 0 Å². The average molecular weight is 198 g/mol. The van der Waals surface area contributed by atoms with Crippen LogP contribution in [0.25, 0.3) is 0 Å². The van der Waals surface area contributed by atoms with Gasteiger partial charge >= 0.3 is 0 Å². The first kappa shape index (κ1) is 10.4. The van der Waals surface area contributed by atoms with Gasteiger partial charge in [-0.1, -0.05) is 6.92 Å². The predicted octanol–water partition coefficient (Wildman–Crippen LogP) is 0.803. The van der Waals surface area contributed by atoms with Gasteiger partial charge in [-0.3, -0.25) is 4.90 Å². The molecule has 0 amide bonds. The van der Waals surface area contributed by atoms with E-state index < -0.39 is 0 Å². The smallest absolute Gasteiger partial charge is 0.0702 e. The van der Waals surface area contributed by atoms with Crippen molar-refractivity contribution in [3.63, 3.8) is 0 Å². The van der Waals surface area contributed by atoms with Crippen LogP contribution in [0, 0.1) is 0 Å². The Morgan fingerprint density at radius 2 is 1.86 bits per heavy atom. The minimum absolute atomic E-state index is 0.531. The Kier molecular flexibility index (Phi) is 3.79. The average Bonchev–Trinajstić information content (AvgIpc) is 2.72. The zero-order chi connectivity index (χ0) is 9.80. The van der Waals surface area contributed by atoms with Gasteiger partial charge in [0.15, 0.2) is 0 Å². The number of ether oxygens (including phenoxy) is 1. The van der Waals surface area contributed by atoms with Crippen molar-refractivity contribution >= 4 is 0 Å². The van der Waals surface area contributed by atoms with Crippen molar-refractivity contribution in [1.29, 1.82) is 0 Å². The van der Waals surface area contributed by atoms with Crippen LogP contribution in [0.5, 0.6) is 0 Å². The highest BCUT2D eigenvalue weighted by Crippen LogP contribution is 2.14. The first-order chi connectivity index (χ1) is 6.88. The van der Waals surface area contributed by atoms with Gasteiger partial charge in [-0.05, 0) is 19.4 Å². The second kappa shape index (κ2) is 5.10. The zero-order valence-corrected chi connectivity index (χ0v) is 9.24. The number of rotatable bonds is 3. The molecule has 2 aliphatic rings. The van der Waals surface area contributed by atoms with Crippen molar-refractivity contribution in [3.05, 3.63) is 0 Å². The minimum atomic E-state index is 0.531. The molecule has 2 saturated heterocycles. The SMILES string of the molecule is CCN1CCN(CC2CCCO2)CC1. The molecule has 0 spiro atoms. The topological polar surface area (TPSA) is 15.7 Å². The normalized spacial score (nSPS) is 31.1. The lowest BCUT2D eigenvalue weighted by atomic mass is 10.2. The molecule has 0 aliphatic carbocycles. The maximum Gasteiger partial charge on any atom is 0.0702 e. The summed E-state index contributed by atoms with van der Waals surface area (Å²) >= 11 is 0. The van der Waals surface area contributed by atoms with E-state index in [0.29, 0.717) is 6.10 Å². The molecule has 1 atom stereocenters. The Labute approximate surface area is 87.0 Å². The maximum absolute atomic E-state index is 5.65. The van der Waals surface area contributed by atoms with Gasteiger partial charge in [0.2, 0.25) is 0 Å². The van der Waals surface area contributed by atoms with Crippen LogP contribution in [0.1, 0.15) is 19.8 Å². The summed E-state index contributed by atoms with van der Waals surface area (Å²) in [6.07, 6.45) is 3.07. The Morgan fingerprint density at radius 3 is 2.43 bits per heavy atom. The molecule has 3 nitrogen and oxygen atoms in total. The van der Waals surface area contributed by atoms with Crippen LogP contribution in [0.4, 0.5) is 0 Å². The van der Waals surface area contributed by atoms with Gasteiger partial charge in [0.05, 0.1) is 6.10 Å². The molecule has 0 N–H and O–H groups in total. The molecule has 2 rings (SSSR count). The Morgan fingerprint density at radius 1 is 1.14 bits per heavy atom. The lowest BCUT2D eigenvalue weighted by molar-refractivity contribution is 0.0515. The monoisotopic (exact) mass is 198 g/mol. The van der Waals surface area contributed by atoms with E-state index in [1.165, 1.54) is 45.6 Å². The van der Waals surface area contributed by atoms with Crippen LogP contribution in [-0.4, -0.2) is 61.8 Å². The highest BCUT2D eigenvalue weighted by molar-refractivity contribution is 4.75. The molecular formula is C11H22N2O. The second-order valence-corrected chi connectivity index (χ2v) is 4.37. The summed E-state index contributed by atoms with van der Waals surface area (Å²) in [5, 5.41) is 0. The van der Waals surface area contributed by atoms with Crippen LogP contribution >= 0.6 is 0 Å². The quantitative estimate of drug-likeness (QED) is 0.667.